The van der Waals surface area contributed by atoms with Gasteiger partial charge < -0.3 is 14.8 Å². The highest BCUT2D eigenvalue weighted by molar-refractivity contribution is 6.30. The smallest absolute Gasteiger partial charge is 0.243 e. The van der Waals surface area contributed by atoms with Crippen molar-refractivity contribution in [2.75, 3.05) is 0 Å². The SMILES string of the molecule is CCC(=O)c1cn(CC(=O)N2[C@@H]3CC3C[C@H]2C(=O)NCc2cccc(Cl)c2F)c2cnccc12. The summed E-state index contributed by atoms with van der Waals surface area (Å²) in [7, 11) is 0. The van der Waals surface area contributed by atoms with Gasteiger partial charge in [-0.2, -0.15) is 0 Å². The van der Waals surface area contributed by atoms with E-state index in [2.05, 4.69) is 10.3 Å². The number of carbonyl (C=O) groups is 3. The zero-order valence-corrected chi connectivity index (χ0v) is 19.4. The van der Waals surface area contributed by atoms with E-state index in [1.807, 2.05) is 0 Å². The summed E-state index contributed by atoms with van der Waals surface area (Å²) in [5, 5.41) is 3.52. The summed E-state index contributed by atoms with van der Waals surface area (Å²) in [6, 6.07) is 5.86. The molecule has 176 valence electrons. The van der Waals surface area contributed by atoms with Crippen molar-refractivity contribution in [2.24, 2.45) is 5.92 Å². The monoisotopic (exact) mass is 482 g/mol. The predicted octanol–water partition coefficient (Wildman–Crippen LogP) is 3.73. The summed E-state index contributed by atoms with van der Waals surface area (Å²) in [4.78, 5) is 44.6. The van der Waals surface area contributed by atoms with Crippen LogP contribution >= 0.6 is 11.6 Å². The number of nitrogens with one attached hydrogen (secondary N) is 1. The molecule has 1 unspecified atom stereocenters. The summed E-state index contributed by atoms with van der Waals surface area (Å²) in [6.45, 7) is 1.80. The van der Waals surface area contributed by atoms with Gasteiger partial charge in [-0.1, -0.05) is 30.7 Å². The van der Waals surface area contributed by atoms with Gasteiger partial charge >= 0.3 is 0 Å². The number of carbonyl (C=O) groups excluding carboxylic acids is 3. The largest absolute Gasteiger partial charge is 0.350 e. The number of fused-ring (bicyclic) bond motifs is 2. The molecule has 0 spiro atoms. The fraction of sp³-hybridized carbons (Fsp3) is 0.360. The predicted molar refractivity (Wildman–Crippen MR) is 125 cm³/mol. The standard InChI is InChI=1S/C25H24ClFN4O3/c1-2-22(32)17-12-30(21-11-28-7-6-16(17)21)13-23(33)31-19-8-15(19)9-20(31)25(34)29-10-14-4-3-5-18(26)24(14)27/h3-7,11-12,15,19-20H,2,8-10,13H2,1H3,(H,29,34)/t15?,19-,20+/m1/s1. The van der Waals surface area contributed by atoms with Crippen LogP contribution in [0.1, 0.15) is 42.1 Å². The Kier molecular flexibility index (Phi) is 5.85. The molecule has 1 aliphatic carbocycles. The molecule has 1 saturated carbocycles. The highest BCUT2D eigenvalue weighted by atomic mass is 35.5. The molecule has 34 heavy (non-hydrogen) atoms. The second-order valence-corrected chi connectivity index (χ2v) is 9.29. The molecule has 5 rings (SSSR count). The Labute approximate surface area is 200 Å². The van der Waals surface area contributed by atoms with Crippen LogP contribution in [0.25, 0.3) is 10.9 Å². The van der Waals surface area contributed by atoms with Crippen LogP contribution in [-0.4, -0.2) is 44.1 Å². The number of amides is 2. The Hall–Kier alpha value is -3.26. The van der Waals surface area contributed by atoms with Crippen LogP contribution < -0.4 is 5.32 Å². The molecular formula is C25H24ClFN4O3. The number of Topliss-reactive ketones (excluding diaryl/α,β-unsaturated/α-hetero) is 1. The van der Waals surface area contributed by atoms with Crippen molar-refractivity contribution in [2.45, 2.75) is 51.4 Å². The molecule has 2 fully saturated rings. The molecule has 3 atom stereocenters. The van der Waals surface area contributed by atoms with E-state index < -0.39 is 11.9 Å². The first-order chi connectivity index (χ1) is 16.4. The van der Waals surface area contributed by atoms with E-state index in [0.29, 0.717) is 35.4 Å². The second-order valence-electron chi connectivity index (χ2n) is 8.89. The number of ketones is 1. The second kappa shape index (κ2) is 8.83. The van der Waals surface area contributed by atoms with E-state index in [1.54, 1.807) is 53.2 Å². The van der Waals surface area contributed by atoms with Crippen molar-refractivity contribution >= 4 is 40.1 Å². The Morgan fingerprint density at radius 3 is 2.85 bits per heavy atom. The number of benzene rings is 1. The van der Waals surface area contributed by atoms with E-state index >= 15 is 0 Å². The minimum Gasteiger partial charge on any atom is -0.350 e. The molecule has 2 aliphatic rings. The van der Waals surface area contributed by atoms with Crippen LogP contribution in [0.4, 0.5) is 4.39 Å². The maximum absolute atomic E-state index is 14.2. The molecule has 1 aromatic carbocycles. The van der Waals surface area contributed by atoms with Gasteiger partial charge in [-0.05, 0) is 30.9 Å². The zero-order chi connectivity index (χ0) is 24.0. The molecule has 1 aliphatic heterocycles. The van der Waals surface area contributed by atoms with Gasteiger partial charge in [0.15, 0.2) is 5.78 Å². The van der Waals surface area contributed by atoms with Crippen LogP contribution in [0.5, 0.6) is 0 Å². The fourth-order valence-corrected chi connectivity index (χ4v) is 5.14. The van der Waals surface area contributed by atoms with E-state index in [4.69, 9.17) is 11.6 Å². The van der Waals surface area contributed by atoms with Gasteiger partial charge in [-0.25, -0.2) is 4.39 Å². The lowest BCUT2D eigenvalue weighted by atomic mass is 10.1. The van der Waals surface area contributed by atoms with Crippen LogP contribution in [-0.2, 0) is 22.7 Å². The fourth-order valence-electron chi connectivity index (χ4n) is 4.94. The number of aromatic nitrogens is 2. The van der Waals surface area contributed by atoms with Crippen molar-refractivity contribution in [3.05, 3.63) is 64.8 Å². The summed E-state index contributed by atoms with van der Waals surface area (Å²) in [6.07, 6.45) is 6.80. The van der Waals surface area contributed by atoms with Crippen molar-refractivity contribution < 1.29 is 18.8 Å². The lowest BCUT2D eigenvalue weighted by Crippen LogP contribution is -2.48. The number of nitrogens with zero attached hydrogens (tertiary/aromatic N) is 3. The number of hydrogen-bond donors (Lipinski definition) is 1. The van der Waals surface area contributed by atoms with Gasteiger partial charge in [0.2, 0.25) is 11.8 Å². The Morgan fingerprint density at radius 1 is 1.24 bits per heavy atom. The summed E-state index contributed by atoms with van der Waals surface area (Å²) >= 11 is 5.83. The Morgan fingerprint density at radius 2 is 2.06 bits per heavy atom. The number of likely N-dealkylation sites (tertiary alicyclic amines) is 1. The first-order valence-corrected chi connectivity index (χ1v) is 11.7. The molecule has 2 aromatic heterocycles. The average Bonchev–Trinajstić information content (AvgIpc) is 3.35. The topological polar surface area (TPSA) is 84.3 Å². The maximum atomic E-state index is 14.2. The average molecular weight is 483 g/mol. The van der Waals surface area contributed by atoms with Crippen molar-refractivity contribution in [1.29, 1.82) is 0 Å². The summed E-state index contributed by atoms with van der Waals surface area (Å²) < 4.78 is 15.9. The van der Waals surface area contributed by atoms with Gasteiger partial charge in [0.25, 0.3) is 0 Å². The molecule has 3 heterocycles. The van der Waals surface area contributed by atoms with Crippen molar-refractivity contribution in [3.63, 3.8) is 0 Å². The summed E-state index contributed by atoms with van der Waals surface area (Å²) in [5.74, 6) is -0.743. The highest BCUT2D eigenvalue weighted by Crippen LogP contribution is 2.48. The maximum Gasteiger partial charge on any atom is 0.243 e. The highest BCUT2D eigenvalue weighted by Gasteiger charge is 2.55. The van der Waals surface area contributed by atoms with Crippen LogP contribution in [0, 0.1) is 11.7 Å². The van der Waals surface area contributed by atoms with E-state index in [1.165, 1.54) is 6.07 Å². The lowest BCUT2D eigenvalue weighted by Gasteiger charge is -2.27. The minimum absolute atomic E-state index is 0.0000250. The molecular weight excluding hydrogens is 459 g/mol. The van der Waals surface area contributed by atoms with Gasteiger partial charge in [0.1, 0.15) is 18.4 Å². The molecule has 3 aromatic rings. The van der Waals surface area contributed by atoms with E-state index in [9.17, 15) is 18.8 Å². The van der Waals surface area contributed by atoms with Crippen LogP contribution in [0.15, 0.2) is 42.9 Å². The lowest BCUT2D eigenvalue weighted by molar-refractivity contribution is -0.140. The first kappa shape index (κ1) is 22.5. The van der Waals surface area contributed by atoms with Gasteiger partial charge in [-0.3, -0.25) is 19.4 Å². The van der Waals surface area contributed by atoms with Crippen molar-refractivity contribution in [3.8, 4) is 0 Å². The molecule has 9 heteroatoms. The van der Waals surface area contributed by atoms with Crippen LogP contribution in [0.2, 0.25) is 5.02 Å². The third-order valence-corrected chi connectivity index (χ3v) is 7.08. The third-order valence-electron chi connectivity index (χ3n) is 6.79. The van der Waals surface area contributed by atoms with Gasteiger partial charge in [0.05, 0.1) is 16.7 Å². The first-order valence-electron chi connectivity index (χ1n) is 11.4. The number of pyridine rings is 1. The van der Waals surface area contributed by atoms with Gasteiger partial charge in [-0.15, -0.1) is 0 Å². The number of piperidine rings is 1. The molecule has 1 saturated heterocycles. The summed E-state index contributed by atoms with van der Waals surface area (Å²) in [5.41, 5.74) is 1.56. The Bertz CT molecular complexity index is 1310. The number of hydrogen-bond acceptors (Lipinski definition) is 4. The molecule has 0 bridgehead atoms. The van der Waals surface area contributed by atoms with Crippen LogP contribution in [0.3, 0.4) is 0 Å². The van der Waals surface area contributed by atoms with Crippen molar-refractivity contribution in [1.82, 2.24) is 19.8 Å². The molecule has 7 nitrogen and oxygen atoms in total. The quantitative estimate of drug-likeness (QED) is 0.520. The number of halogens is 2. The molecule has 0 radical (unpaired) electrons. The molecule has 1 N–H and O–H groups in total. The minimum atomic E-state index is -0.602. The van der Waals surface area contributed by atoms with E-state index in [0.717, 1.165) is 11.8 Å². The zero-order valence-electron chi connectivity index (χ0n) is 18.6. The molecule has 2 amide bonds. The van der Waals surface area contributed by atoms with E-state index in [-0.39, 0.29) is 41.8 Å². The normalized spacial score (nSPS) is 20.9. The number of rotatable bonds is 7. The van der Waals surface area contributed by atoms with Gasteiger partial charge in [0, 0.05) is 47.9 Å². The Balaban J connectivity index is 1.33. The third kappa shape index (κ3) is 3.96.